The molecule has 15 heteroatoms. The van der Waals surface area contributed by atoms with Gasteiger partial charge in [0.15, 0.2) is 23.0 Å². The van der Waals surface area contributed by atoms with Crippen LogP contribution in [0.3, 0.4) is 0 Å². The predicted octanol–water partition coefficient (Wildman–Crippen LogP) is 4.79. The zero-order valence-corrected chi connectivity index (χ0v) is 35.9. The minimum Gasteiger partial charge on any atom is -0.493 e. The molecule has 0 radical (unpaired) electrons. The van der Waals surface area contributed by atoms with E-state index in [0.717, 1.165) is 83.5 Å². The van der Waals surface area contributed by atoms with Crippen molar-refractivity contribution in [1.82, 2.24) is 0 Å². The number of aliphatic hydroxyl groups is 2. The van der Waals surface area contributed by atoms with Crippen LogP contribution in [0.15, 0.2) is 53.6 Å². The van der Waals surface area contributed by atoms with Crippen LogP contribution in [0.4, 0.5) is 0 Å². The SMILES string of the molecule is COc1cc(C[C@@H]2c3cc(CO)c(CO)cc3CC[N@@+]2(C)CCCOC(=O)C(Cl)=CC(=O)OCCC[N+]2(Cc3ccc4c(c3)OCCO4)CCOCC2)cc(OC)c1OC. The zero-order chi connectivity index (χ0) is 42.7. The minimum atomic E-state index is -0.796. The van der Waals surface area contributed by atoms with E-state index in [1.165, 1.54) is 0 Å². The first-order chi connectivity index (χ1) is 29.0. The Morgan fingerprint density at radius 1 is 0.800 bits per heavy atom. The van der Waals surface area contributed by atoms with Crippen LogP contribution in [0.1, 0.15) is 52.3 Å². The maximum absolute atomic E-state index is 12.9. The average Bonchev–Trinajstić information content (AvgIpc) is 3.27. The lowest BCUT2D eigenvalue weighted by Gasteiger charge is -2.46. The Kier molecular flexibility index (Phi) is 15.6. The summed E-state index contributed by atoms with van der Waals surface area (Å²) in [6.07, 6.45) is 3.49. The smallest absolute Gasteiger partial charge is 0.350 e. The number of likely N-dealkylation sites (N-methyl/N-ethyl adjacent to an activating group) is 1. The summed E-state index contributed by atoms with van der Waals surface area (Å²) in [5, 5.41) is 19.9. The molecule has 0 spiro atoms. The van der Waals surface area contributed by atoms with E-state index < -0.39 is 11.9 Å². The summed E-state index contributed by atoms with van der Waals surface area (Å²) in [6.45, 7) is 7.01. The summed E-state index contributed by atoms with van der Waals surface area (Å²) in [7, 11) is 6.91. The van der Waals surface area contributed by atoms with Crippen LogP contribution in [-0.4, -0.2) is 132 Å². The number of fused-ring (bicyclic) bond motifs is 2. The number of halogens is 1. The molecule has 0 unspecified atom stereocenters. The Morgan fingerprint density at radius 2 is 1.47 bits per heavy atom. The lowest BCUT2D eigenvalue weighted by molar-refractivity contribution is -0.947. The fraction of sp³-hybridized carbons (Fsp3) is 0.511. The van der Waals surface area contributed by atoms with E-state index in [0.29, 0.717) is 85.1 Å². The lowest BCUT2D eigenvalue weighted by atomic mass is 9.84. The van der Waals surface area contributed by atoms with Gasteiger partial charge in [0.05, 0.1) is 87.7 Å². The van der Waals surface area contributed by atoms with Crippen LogP contribution in [-0.2, 0) is 56.4 Å². The van der Waals surface area contributed by atoms with E-state index in [1.807, 2.05) is 36.4 Å². The number of carbonyl (C=O) groups is 2. The zero-order valence-electron chi connectivity index (χ0n) is 35.2. The minimum absolute atomic E-state index is 0.0584. The van der Waals surface area contributed by atoms with Crippen molar-refractivity contribution >= 4 is 23.5 Å². The first-order valence-corrected chi connectivity index (χ1v) is 20.9. The van der Waals surface area contributed by atoms with Crippen molar-refractivity contribution in [2.75, 3.05) is 101 Å². The highest BCUT2D eigenvalue weighted by molar-refractivity contribution is 6.42. The van der Waals surface area contributed by atoms with Crippen molar-refractivity contribution in [3.05, 3.63) is 87.0 Å². The van der Waals surface area contributed by atoms with E-state index in [2.05, 4.69) is 13.1 Å². The number of quaternary nitrogens is 2. The molecule has 1 fully saturated rings. The molecule has 3 aromatic rings. The van der Waals surface area contributed by atoms with E-state index in [4.69, 9.17) is 49.5 Å². The molecule has 0 bridgehead atoms. The third-order valence-electron chi connectivity index (χ3n) is 12.0. The van der Waals surface area contributed by atoms with E-state index in [9.17, 15) is 19.8 Å². The van der Waals surface area contributed by atoms with Gasteiger partial charge in [-0.3, -0.25) is 0 Å². The van der Waals surface area contributed by atoms with Crippen molar-refractivity contribution < 1.29 is 66.7 Å². The van der Waals surface area contributed by atoms with Gasteiger partial charge in [-0.15, -0.1) is 0 Å². The number of aliphatic hydroxyl groups excluding tert-OH is 2. The van der Waals surface area contributed by atoms with Gasteiger partial charge in [0.25, 0.3) is 0 Å². The van der Waals surface area contributed by atoms with Crippen LogP contribution in [0, 0.1) is 0 Å². The second-order valence-corrected chi connectivity index (χ2v) is 16.2. The molecule has 6 rings (SSSR count). The third kappa shape index (κ3) is 10.8. The lowest BCUT2D eigenvalue weighted by Crippen LogP contribution is -2.55. The Hall–Kier alpha value is -4.57. The number of rotatable bonds is 19. The molecule has 326 valence electrons. The molecule has 0 amide bonds. The van der Waals surface area contributed by atoms with Gasteiger partial charge in [-0.05, 0) is 58.7 Å². The predicted molar refractivity (Wildman–Crippen MR) is 222 cm³/mol. The molecule has 14 nitrogen and oxygen atoms in total. The van der Waals surface area contributed by atoms with Crippen molar-refractivity contribution in [1.29, 1.82) is 0 Å². The molecule has 3 aromatic carbocycles. The number of hydrogen-bond acceptors (Lipinski definition) is 12. The standard InChI is InChI=1S/C45H59ClN2O12/c1-47(12-9-33-25-34(29-49)35(30-50)26-36(33)38(47)21-32-23-41(53-2)44(55-4)42(24-32)54-3)10-5-16-60-45(52)37(46)27-43(51)59-15-6-11-48(13-17-56-18-14-48)28-31-7-8-39-40(22-31)58-20-19-57-39/h7-8,22-27,38,49-50H,5-6,9-21,28-30H2,1-4H3/q+2/t38-,47-/m1/s1. The molecule has 3 aliphatic heterocycles. The first kappa shape index (κ1) is 45.0. The Morgan fingerprint density at radius 3 is 2.15 bits per heavy atom. The molecule has 1 saturated heterocycles. The van der Waals surface area contributed by atoms with Gasteiger partial charge in [0.2, 0.25) is 5.75 Å². The van der Waals surface area contributed by atoms with Crippen molar-refractivity contribution in [3.8, 4) is 28.7 Å². The topological polar surface area (TPSA) is 148 Å². The number of morpholine rings is 1. The Labute approximate surface area is 357 Å². The van der Waals surface area contributed by atoms with Crippen molar-refractivity contribution in [2.24, 2.45) is 0 Å². The maximum Gasteiger partial charge on any atom is 0.350 e. The first-order valence-electron chi connectivity index (χ1n) is 20.6. The highest BCUT2D eigenvalue weighted by Crippen LogP contribution is 2.43. The summed E-state index contributed by atoms with van der Waals surface area (Å²) in [6, 6.07) is 13.9. The van der Waals surface area contributed by atoms with Gasteiger partial charge in [0, 0.05) is 42.9 Å². The van der Waals surface area contributed by atoms with Crippen LogP contribution in [0.2, 0.25) is 0 Å². The number of esters is 2. The van der Waals surface area contributed by atoms with Crippen molar-refractivity contribution in [2.45, 2.75) is 51.5 Å². The normalized spacial score (nSPS) is 19.5. The van der Waals surface area contributed by atoms with E-state index >= 15 is 0 Å². The highest BCUT2D eigenvalue weighted by atomic mass is 35.5. The molecule has 2 atom stereocenters. The number of nitrogens with zero attached hydrogens (tertiary/aromatic N) is 2. The van der Waals surface area contributed by atoms with E-state index in [1.54, 1.807) is 21.3 Å². The molecule has 0 aromatic heterocycles. The molecular formula is C45H59ClN2O12+2. The average molecular weight is 855 g/mol. The highest BCUT2D eigenvalue weighted by Gasteiger charge is 2.40. The fourth-order valence-corrected chi connectivity index (χ4v) is 8.87. The molecule has 0 aliphatic carbocycles. The van der Waals surface area contributed by atoms with Crippen LogP contribution in [0.25, 0.3) is 0 Å². The summed E-state index contributed by atoms with van der Waals surface area (Å²) in [5.74, 6) is 1.63. The second kappa shape index (κ2) is 20.8. The summed E-state index contributed by atoms with van der Waals surface area (Å²) < 4.78 is 46.4. The van der Waals surface area contributed by atoms with Gasteiger partial charge >= 0.3 is 11.9 Å². The third-order valence-corrected chi connectivity index (χ3v) is 12.3. The van der Waals surface area contributed by atoms with Crippen LogP contribution in [0.5, 0.6) is 28.7 Å². The largest absolute Gasteiger partial charge is 0.493 e. The number of hydrogen-bond donors (Lipinski definition) is 2. The Balaban J connectivity index is 1.03. The van der Waals surface area contributed by atoms with Gasteiger partial charge in [0.1, 0.15) is 43.9 Å². The fourth-order valence-electron chi connectivity index (χ4n) is 8.72. The van der Waals surface area contributed by atoms with E-state index in [-0.39, 0.29) is 37.5 Å². The quantitative estimate of drug-likeness (QED) is 0.0740. The van der Waals surface area contributed by atoms with Crippen molar-refractivity contribution in [3.63, 3.8) is 0 Å². The van der Waals surface area contributed by atoms with Gasteiger partial charge in [-0.2, -0.15) is 0 Å². The number of carbonyl (C=O) groups excluding carboxylic acids is 2. The van der Waals surface area contributed by atoms with Gasteiger partial charge < -0.3 is 57.1 Å². The molecule has 3 heterocycles. The monoisotopic (exact) mass is 854 g/mol. The molecule has 60 heavy (non-hydrogen) atoms. The number of benzene rings is 3. The van der Waals surface area contributed by atoms with Crippen LogP contribution < -0.4 is 23.7 Å². The molecular weight excluding hydrogens is 796 g/mol. The Bertz CT molecular complexity index is 1980. The number of ether oxygens (including phenoxy) is 8. The molecule has 2 N–H and O–H groups in total. The maximum atomic E-state index is 12.9. The van der Waals surface area contributed by atoms with Gasteiger partial charge in [-0.25, -0.2) is 9.59 Å². The summed E-state index contributed by atoms with van der Waals surface area (Å²) >= 11 is 6.25. The molecule has 3 aliphatic rings. The van der Waals surface area contributed by atoms with Gasteiger partial charge in [-0.1, -0.05) is 17.7 Å². The number of methoxy groups -OCH3 is 3. The van der Waals surface area contributed by atoms with Crippen LogP contribution >= 0.6 is 11.6 Å². The second-order valence-electron chi connectivity index (χ2n) is 15.8. The molecule has 0 saturated carbocycles. The summed E-state index contributed by atoms with van der Waals surface area (Å²) in [4.78, 5) is 25.6. The summed E-state index contributed by atoms with van der Waals surface area (Å²) in [5.41, 5.74) is 5.72.